The lowest BCUT2D eigenvalue weighted by atomic mass is 9.66. The smallest absolute Gasteiger partial charge is 0.259 e. The Bertz CT molecular complexity index is 1130. The number of piperidine rings is 1. The molecule has 1 aromatic heterocycles. The van der Waals surface area contributed by atoms with Gasteiger partial charge < -0.3 is 19.9 Å². The summed E-state index contributed by atoms with van der Waals surface area (Å²) in [5.74, 6) is -0.620. The Labute approximate surface area is 207 Å². The number of hydrogen-bond acceptors (Lipinski definition) is 4. The van der Waals surface area contributed by atoms with Gasteiger partial charge in [-0.25, -0.2) is 0 Å². The molecule has 3 atom stereocenters. The van der Waals surface area contributed by atoms with E-state index in [4.69, 9.17) is 0 Å². The summed E-state index contributed by atoms with van der Waals surface area (Å²) in [5.41, 5.74) is -0.608. The van der Waals surface area contributed by atoms with Gasteiger partial charge in [0.05, 0.1) is 5.60 Å². The number of fused-ring (bicyclic) bond motifs is 1. The Morgan fingerprint density at radius 1 is 1.11 bits per heavy atom. The largest absolute Gasteiger partial charge is 0.385 e. The van der Waals surface area contributed by atoms with Crippen molar-refractivity contribution < 1.29 is 14.7 Å². The van der Waals surface area contributed by atoms with Crippen molar-refractivity contribution in [2.24, 2.45) is 11.8 Å². The van der Waals surface area contributed by atoms with Crippen molar-refractivity contribution in [3.05, 3.63) is 69.6 Å². The van der Waals surface area contributed by atoms with Crippen LogP contribution in [0.1, 0.15) is 79.2 Å². The van der Waals surface area contributed by atoms with Crippen molar-refractivity contribution in [1.29, 1.82) is 0 Å². The van der Waals surface area contributed by atoms with Gasteiger partial charge in [-0.1, -0.05) is 57.0 Å². The number of carbonyl (C=O) groups is 2. The fourth-order valence-electron chi connectivity index (χ4n) is 5.90. The first kappa shape index (κ1) is 25.2. The van der Waals surface area contributed by atoms with Gasteiger partial charge in [0.25, 0.3) is 11.8 Å². The number of likely N-dealkylation sites (tertiary alicyclic amines) is 1. The van der Waals surface area contributed by atoms with Crippen LogP contribution in [0.25, 0.3) is 0 Å². The monoisotopic (exact) mass is 479 g/mol. The number of aliphatic hydroxyl groups is 1. The van der Waals surface area contributed by atoms with Crippen LogP contribution in [-0.4, -0.2) is 45.5 Å². The van der Waals surface area contributed by atoms with E-state index in [-0.39, 0.29) is 34.9 Å². The predicted octanol–water partition coefficient (Wildman–Crippen LogP) is 3.55. The maximum absolute atomic E-state index is 13.9. The summed E-state index contributed by atoms with van der Waals surface area (Å²) in [4.78, 5) is 41.7. The Balaban J connectivity index is 1.71. The van der Waals surface area contributed by atoms with Crippen molar-refractivity contribution in [2.75, 3.05) is 13.1 Å². The Kier molecular flexibility index (Phi) is 7.45. The number of aromatic nitrogens is 1. The van der Waals surface area contributed by atoms with Crippen LogP contribution in [-0.2, 0) is 12.1 Å². The van der Waals surface area contributed by atoms with Gasteiger partial charge in [0, 0.05) is 44.0 Å². The van der Waals surface area contributed by atoms with Crippen LogP contribution in [0.15, 0.2) is 47.5 Å². The van der Waals surface area contributed by atoms with Crippen molar-refractivity contribution >= 4 is 11.8 Å². The van der Waals surface area contributed by atoms with E-state index in [2.05, 4.69) is 5.32 Å². The number of pyridine rings is 1. The molecule has 2 fully saturated rings. The summed E-state index contributed by atoms with van der Waals surface area (Å²) in [6.07, 6.45) is 7.18. The molecule has 1 saturated heterocycles. The Morgan fingerprint density at radius 3 is 2.49 bits per heavy atom. The molecule has 2 aliphatic rings. The molecule has 35 heavy (non-hydrogen) atoms. The highest BCUT2D eigenvalue weighted by molar-refractivity contribution is 5.99. The minimum Gasteiger partial charge on any atom is -0.385 e. The van der Waals surface area contributed by atoms with Gasteiger partial charge in [0.15, 0.2) is 0 Å². The number of hydrogen-bond donors (Lipinski definition) is 2. The van der Waals surface area contributed by atoms with Gasteiger partial charge >= 0.3 is 0 Å². The van der Waals surface area contributed by atoms with E-state index in [1.165, 1.54) is 0 Å². The first-order chi connectivity index (χ1) is 16.8. The maximum atomic E-state index is 13.9. The van der Waals surface area contributed by atoms with Crippen LogP contribution in [0, 0.1) is 11.8 Å². The van der Waals surface area contributed by atoms with E-state index in [1.54, 1.807) is 28.8 Å². The summed E-state index contributed by atoms with van der Waals surface area (Å²) in [5, 5.41) is 14.5. The average molecular weight is 480 g/mol. The van der Waals surface area contributed by atoms with Crippen LogP contribution in [0.4, 0.5) is 0 Å². The van der Waals surface area contributed by atoms with Gasteiger partial charge in [-0.2, -0.15) is 0 Å². The topological polar surface area (TPSA) is 91.6 Å². The highest BCUT2D eigenvalue weighted by Gasteiger charge is 2.50. The van der Waals surface area contributed by atoms with E-state index < -0.39 is 16.9 Å². The van der Waals surface area contributed by atoms with Gasteiger partial charge in [-0.15, -0.1) is 0 Å². The summed E-state index contributed by atoms with van der Waals surface area (Å²) < 4.78 is 1.78. The Morgan fingerprint density at radius 2 is 1.80 bits per heavy atom. The quantitative estimate of drug-likeness (QED) is 0.663. The summed E-state index contributed by atoms with van der Waals surface area (Å²) in [7, 11) is 0. The number of nitrogens with one attached hydrogen (secondary N) is 1. The number of carbonyl (C=O) groups excluding carboxylic acids is 2. The molecular formula is C28H37N3O4. The molecule has 1 aliphatic carbocycles. The van der Waals surface area contributed by atoms with Gasteiger partial charge in [0.1, 0.15) is 11.1 Å². The zero-order valence-corrected chi connectivity index (χ0v) is 21.0. The molecule has 1 saturated carbocycles. The lowest BCUT2D eigenvalue weighted by molar-refractivity contribution is -0.110. The van der Waals surface area contributed by atoms with Crippen molar-refractivity contribution in [3.63, 3.8) is 0 Å². The number of amides is 2. The number of nitrogens with zero attached hydrogens (tertiary/aromatic N) is 2. The Hall–Kier alpha value is -2.93. The number of benzene rings is 1. The summed E-state index contributed by atoms with van der Waals surface area (Å²) in [6.45, 7) is 7.24. The molecule has 1 aromatic carbocycles. The zero-order chi connectivity index (χ0) is 25.2. The first-order valence-electron chi connectivity index (χ1n) is 12.9. The highest BCUT2D eigenvalue weighted by atomic mass is 16.3. The molecule has 188 valence electrons. The van der Waals surface area contributed by atoms with Crippen molar-refractivity contribution in [3.8, 4) is 0 Å². The van der Waals surface area contributed by atoms with Gasteiger partial charge in [-0.3, -0.25) is 14.4 Å². The van der Waals surface area contributed by atoms with E-state index in [9.17, 15) is 19.5 Å². The molecule has 2 N–H and O–H groups in total. The molecule has 1 aliphatic heterocycles. The molecule has 2 amide bonds. The molecule has 0 unspecified atom stereocenters. The molecule has 0 radical (unpaired) electrons. The lowest BCUT2D eigenvalue weighted by Gasteiger charge is -2.52. The van der Waals surface area contributed by atoms with Crippen LogP contribution in [0.3, 0.4) is 0 Å². The van der Waals surface area contributed by atoms with E-state index in [0.717, 1.165) is 31.2 Å². The van der Waals surface area contributed by atoms with Crippen molar-refractivity contribution in [2.45, 2.75) is 71.1 Å². The zero-order valence-electron chi connectivity index (χ0n) is 21.0. The molecule has 2 aromatic rings. The average Bonchev–Trinajstić information content (AvgIpc) is 2.85. The molecular weight excluding hydrogens is 442 g/mol. The molecule has 0 bridgehead atoms. The molecule has 0 spiro atoms. The second kappa shape index (κ2) is 10.4. The normalized spacial score (nSPS) is 24.2. The molecule has 4 rings (SSSR count). The standard InChI is InChI=1S/C28H37N3O4/c1-4-29-26(33)21-17-30(16-19(2)3)18-22(25(21)32)27(34)31-15-14-28(35,20-10-6-5-7-11-20)23-12-8-9-13-24(23)31/h5-7,10-11,17-19,23-24,35H,4,8-9,12-16H2,1-3H3,(H,29,33)/t23-,24+,28+/m0/s1. The van der Waals surface area contributed by atoms with Crippen LogP contribution in [0.5, 0.6) is 0 Å². The van der Waals surface area contributed by atoms with Crippen LogP contribution in [0.2, 0.25) is 0 Å². The third kappa shape index (κ3) is 4.92. The first-order valence-corrected chi connectivity index (χ1v) is 12.9. The highest BCUT2D eigenvalue weighted by Crippen LogP contribution is 2.47. The minimum absolute atomic E-state index is 0.00339. The third-order valence-electron chi connectivity index (χ3n) is 7.48. The maximum Gasteiger partial charge on any atom is 0.259 e. The molecule has 7 nitrogen and oxygen atoms in total. The third-order valence-corrected chi connectivity index (χ3v) is 7.48. The molecule has 2 heterocycles. The van der Waals surface area contributed by atoms with Gasteiger partial charge in [-0.05, 0) is 37.7 Å². The SMILES string of the molecule is CCNC(=O)c1cn(CC(C)C)cc(C(=O)N2CC[C@@](O)(c3ccccc3)[C@H]3CCCC[C@H]32)c1=O. The predicted molar refractivity (Wildman–Crippen MR) is 135 cm³/mol. The van der Waals surface area contributed by atoms with E-state index in [0.29, 0.717) is 26.1 Å². The minimum atomic E-state index is -0.996. The van der Waals surface area contributed by atoms with Crippen LogP contribution >= 0.6 is 0 Å². The van der Waals surface area contributed by atoms with Crippen molar-refractivity contribution in [1.82, 2.24) is 14.8 Å². The fraction of sp³-hybridized carbons (Fsp3) is 0.536. The lowest BCUT2D eigenvalue weighted by Crippen LogP contribution is -2.59. The second-order valence-electron chi connectivity index (χ2n) is 10.4. The van der Waals surface area contributed by atoms with Crippen LogP contribution < -0.4 is 10.7 Å². The van der Waals surface area contributed by atoms with Gasteiger partial charge in [0.2, 0.25) is 5.43 Å². The summed E-state index contributed by atoms with van der Waals surface area (Å²) in [6, 6.07) is 9.58. The fourth-order valence-corrected chi connectivity index (χ4v) is 5.90. The van der Waals surface area contributed by atoms with E-state index in [1.807, 2.05) is 44.2 Å². The summed E-state index contributed by atoms with van der Waals surface area (Å²) >= 11 is 0. The molecule has 7 heteroatoms. The second-order valence-corrected chi connectivity index (χ2v) is 10.4. The number of rotatable bonds is 6. The van der Waals surface area contributed by atoms with E-state index >= 15 is 0 Å².